The molecule has 1 aliphatic rings. The van der Waals surface area contributed by atoms with E-state index in [0.717, 1.165) is 33.0 Å². The lowest BCUT2D eigenvalue weighted by Crippen LogP contribution is -2.48. The molecule has 0 aliphatic carbocycles. The molecule has 0 radical (unpaired) electrons. The van der Waals surface area contributed by atoms with Crippen molar-refractivity contribution in [3.8, 4) is 11.1 Å². The zero-order valence-electron chi connectivity index (χ0n) is 20.8. The first-order valence-electron chi connectivity index (χ1n) is 11.6. The van der Waals surface area contributed by atoms with E-state index in [1.54, 1.807) is 30.3 Å². The second kappa shape index (κ2) is 12.2. The molecule has 2 N–H and O–H groups in total. The summed E-state index contributed by atoms with van der Waals surface area (Å²) < 4.78 is 79.6. The number of hydrogen-bond acceptors (Lipinski definition) is 7. The topological polar surface area (TPSA) is 89.9 Å². The van der Waals surface area contributed by atoms with Crippen molar-refractivity contribution >= 4 is 69.2 Å². The molecular weight excluding hydrogens is 628 g/mol. The standard InChI is InChI=1S/C26H17F6N3O4S3/c27-25(28,29)16-6-14(7-17(9-16)26(30,31)32)15-8-19(41-13-15)10-20-23(39)35(24(40)42-20)33-11-21(36)34(12-22(37)38)18-4-2-1-3-5-18/h1-10,13,33H,11-12H2,(H,37,38)/b20-10-. The molecule has 4 rings (SSSR count). The van der Waals surface area contributed by atoms with Gasteiger partial charge in [-0.05, 0) is 59.0 Å². The van der Waals surface area contributed by atoms with Crippen LogP contribution in [0, 0.1) is 0 Å². The van der Waals surface area contributed by atoms with E-state index in [-0.39, 0.29) is 26.4 Å². The fraction of sp³-hybridized carbons (Fsp3) is 0.154. The van der Waals surface area contributed by atoms with Gasteiger partial charge in [-0.1, -0.05) is 42.2 Å². The number of carbonyl (C=O) groups excluding carboxylic acids is 2. The number of para-hydroxylation sites is 1. The van der Waals surface area contributed by atoms with Gasteiger partial charge in [-0.2, -0.15) is 26.3 Å². The van der Waals surface area contributed by atoms with Crippen molar-refractivity contribution < 1.29 is 45.8 Å². The molecule has 1 aromatic heterocycles. The highest BCUT2D eigenvalue weighted by Gasteiger charge is 2.37. The lowest BCUT2D eigenvalue weighted by Gasteiger charge is -2.23. The molecule has 1 saturated heterocycles. The molecule has 16 heteroatoms. The van der Waals surface area contributed by atoms with Gasteiger partial charge in [0, 0.05) is 10.6 Å². The summed E-state index contributed by atoms with van der Waals surface area (Å²) in [5.74, 6) is -2.57. The molecule has 0 saturated carbocycles. The molecule has 2 aromatic carbocycles. The highest BCUT2D eigenvalue weighted by atomic mass is 32.2. The van der Waals surface area contributed by atoms with Gasteiger partial charge in [-0.25, -0.2) is 10.4 Å². The summed E-state index contributed by atoms with van der Waals surface area (Å²) >= 11 is 7.05. The number of rotatable bonds is 8. The Bertz CT molecular complexity index is 1540. The number of nitrogens with zero attached hydrogens (tertiary/aromatic N) is 2. The summed E-state index contributed by atoms with van der Waals surface area (Å²) in [7, 11) is 0. The number of amides is 2. The first-order valence-corrected chi connectivity index (χ1v) is 13.7. The minimum Gasteiger partial charge on any atom is -0.480 e. The second-order valence-electron chi connectivity index (χ2n) is 8.59. The van der Waals surface area contributed by atoms with Crippen LogP contribution < -0.4 is 10.3 Å². The van der Waals surface area contributed by atoms with E-state index < -0.39 is 54.4 Å². The van der Waals surface area contributed by atoms with E-state index in [0.29, 0.717) is 22.7 Å². The number of carboxylic acid groups (broad SMARTS) is 1. The number of carbonyl (C=O) groups is 3. The third kappa shape index (κ3) is 7.36. The predicted octanol–water partition coefficient (Wildman–Crippen LogP) is 6.28. The molecule has 7 nitrogen and oxygen atoms in total. The number of hydrazine groups is 1. The molecule has 220 valence electrons. The highest BCUT2D eigenvalue weighted by Crippen LogP contribution is 2.40. The number of thiocarbonyl (C=S) groups is 1. The molecule has 1 aliphatic heterocycles. The number of aliphatic carboxylic acids is 1. The Balaban J connectivity index is 1.51. The second-order valence-corrected chi connectivity index (χ2v) is 11.2. The molecule has 2 amide bonds. The van der Waals surface area contributed by atoms with Crippen molar-refractivity contribution in [2.75, 3.05) is 18.0 Å². The monoisotopic (exact) mass is 645 g/mol. The van der Waals surface area contributed by atoms with Gasteiger partial charge in [0.25, 0.3) is 5.91 Å². The molecular formula is C26H17F6N3O4S3. The maximum Gasteiger partial charge on any atom is 0.416 e. The van der Waals surface area contributed by atoms with Crippen LogP contribution in [-0.4, -0.2) is 45.3 Å². The van der Waals surface area contributed by atoms with Crippen molar-refractivity contribution in [1.29, 1.82) is 0 Å². The Hall–Kier alpha value is -3.73. The minimum atomic E-state index is -5.00. The van der Waals surface area contributed by atoms with Gasteiger partial charge in [-0.15, -0.1) is 11.3 Å². The Morgan fingerprint density at radius 2 is 1.60 bits per heavy atom. The van der Waals surface area contributed by atoms with Crippen LogP contribution in [0.3, 0.4) is 0 Å². The van der Waals surface area contributed by atoms with Crippen molar-refractivity contribution in [3.63, 3.8) is 0 Å². The molecule has 1 fully saturated rings. The average Bonchev–Trinajstić information content (AvgIpc) is 3.49. The van der Waals surface area contributed by atoms with Crippen molar-refractivity contribution in [2.24, 2.45) is 0 Å². The first-order chi connectivity index (χ1) is 19.6. The lowest BCUT2D eigenvalue weighted by atomic mass is 10.0. The lowest BCUT2D eigenvalue weighted by molar-refractivity contribution is -0.143. The average molecular weight is 646 g/mol. The summed E-state index contributed by atoms with van der Waals surface area (Å²) in [6, 6.07) is 10.6. The van der Waals surface area contributed by atoms with Crippen LogP contribution in [0.2, 0.25) is 0 Å². The first kappa shape index (κ1) is 31.2. The molecule has 0 spiro atoms. The van der Waals surface area contributed by atoms with Crippen molar-refractivity contribution in [3.05, 3.63) is 80.9 Å². The van der Waals surface area contributed by atoms with E-state index in [4.69, 9.17) is 12.2 Å². The molecule has 3 aromatic rings. The smallest absolute Gasteiger partial charge is 0.416 e. The Morgan fingerprint density at radius 3 is 2.17 bits per heavy atom. The van der Waals surface area contributed by atoms with Crippen LogP contribution >= 0.6 is 35.3 Å². The van der Waals surface area contributed by atoms with E-state index in [2.05, 4.69) is 5.43 Å². The van der Waals surface area contributed by atoms with Crippen LogP contribution in [0.1, 0.15) is 16.0 Å². The number of carboxylic acids is 1. The van der Waals surface area contributed by atoms with Crippen molar-refractivity contribution in [1.82, 2.24) is 10.4 Å². The van der Waals surface area contributed by atoms with Crippen LogP contribution in [0.4, 0.5) is 32.0 Å². The minimum absolute atomic E-state index is 0.0213. The number of halogens is 6. The largest absolute Gasteiger partial charge is 0.480 e. The zero-order valence-corrected chi connectivity index (χ0v) is 23.3. The number of hydrogen-bond donors (Lipinski definition) is 2. The Morgan fingerprint density at radius 1 is 0.976 bits per heavy atom. The van der Waals surface area contributed by atoms with E-state index in [1.165, 1.54) is 17.5 Å². The van der Waals surface area contributed by atoms with Gasteiger partial charge in [0.15, 0.2) is 4.32 Å². The van der Waals surface area contributed by atoms with Crippen LogP contribution in [0.15, 0.2) is 64.9 Å². The third-order valence-corrected chi connectivity index (χ3v) is 7.84. The normalized spacial score (nSPS) is 15.0. The number of benzene rings is 2. The summed E-state index contributed by atoms with van der Waals surface area (Å²) in [6.07, 6.45) is -8.62. The SMILES string of the molecule is O=C(O)CN(C(=O)CNN1C(=O)/C(=C/c2cc(-c3cc(C(F)(F)F)cc(C(F)(F)F)c3)cs2)SC1=S)c1ccccc1. The summed E-state index contributed by atoms with van der Waals surface area (Å²) in [5, 5.41) is 11.5. The number of anilines is 1. The molecule has 0 unspecified atom stereocenters. The van der Waals surface area contributed by atoms with E-state index >= 15 is 0 Å². The summed E-state index contributed by atoms with van der Waals surface area (Å²) in [6.45, 7) is -1.11. The maximum atomic E-state index is 13.3. The van der Waals surface area contributed by atoms with Gasteiger partial charge in [-0.3, -0.25) is 14.4 Å². The van der Waals surface area contributed by atoms with Crippen molar-refractivity contribution in [2.45, 2.75) is 12.4 Å². The van der Waals surface area contributed by atoms with Crippen LogP contribution in [0.25, 0.3) is 17.2 Å². The number of thioether (sulfide) groups is 1. The van der Waals surface area contributed by atoms with Gasteiger partial charge >= 0.3 is 18.3 Å². The summed E-state index contributed by atoms with van der Waals surface area (Å²) in [5.41, 5.74) is -0.206. The molecule has 42 heavy (non-hydrogen) atoms. The molecule has 2 heterocycles. The van der Waals surface area contributed by atoms with Gasteiger partial charge in [0.05, 0.1) is 22.6 Å². The fourth-order valence-corrected chi connectivity index (χ4v) is 5.87. The van der Waals surface area contributed by atoms with E-state index in [1.807, 2.05) is 0 Å². The van der Waals surface area contributed by atoms with Gasteiger partial charge in [0.2, 0.25) is 5.91 Å². The maximum absolute atomic E-state index is 13.3. The Kier molecular flexibility index (Phi) is 9.10. The quantitative estimate of drug-likeness (QED) is 0.170. The van der Waals surface area contributed by atoms with E-state index in [9.17, 15) is 45.8 Å². The predicted molar refractivity (Wildman–Crippen MR) is 149 cm³/mol. The zero-order chi connectivity index (χ0) is 30.8. The molecule has 0 atom stereocenters. The number of thiophene rings is 1. The number of alkyl halides is 6. The number of nitrogens with one attached hydrogen (secondary N) is 1. The molecule has 0 bridgehead atoms. The third-order valence-electron chi connectivity index (χ3n) is 5.66. The summed E-state index contributed by atoms with van der Waals surface area (Å²) in [4.78, 5) is 38.5. The van der Waals surface area contributed by atoms with Gasteiger partial charge < -0.3 is 10.0 Å². The highest BCUT2D eigenvalue weighted by molar-refractivity contribution is 8.26. The Labute approximate surface area is 247 Å². The van der Waals surface area contributed by atoms with Gasteiger partial charge in [0.1, 0.15) is 6.54 Å². The van der Waals surface area contributed by atoms with Crippen LogP contribution in [0.5, 0.6) is 0 Å². The van der Waals surface area contributed by atoms with Crippen LogP contribution in [-0.2, 0) is 26.7 Å². The fourth-order valence-electron chi connectivity index (χ4n) is 3.74.